The molecule has 0 saturated heterocycles. The molecule has 1 aliphatic rings. The number of carbonyl (C=O) groups excluding carboxylic acids is 2. The molecule has 7 heteroatoms. The van der Waals surface area contributed by atoms with Crippen molar-refractivity contribution in [3.63, 3.8) is 0 Å². The fraction of sp³-hybridized carbons (Fsp3) is 0.231. The first-order valence-corrected chi connectivity index (χ1v) is 11.0. The maximum atomic E-state index is 13.4. The van der Waals surface area contributed by atoms with Gasteiger partial charge in [-0.05, 0) is 78.7 Å². The third-order valence-corrected chi connectivity index (χ3v) is 5.99. The molecule has 1 atom stereocenters. The van der Waals surface area contributed by atoms with Crippen LogP contribution >= 0.6 is 0 Å². The Bertz CT molecular complexity index is 1220. The third kappa shape index (κ3) is 4.89. The van der Waals surface area contributed by atoms with Gasteiger partial charge in [0, 0.05) is 40.5 Å². The zero-order valence-corrected chi connectivity index (χ0v) is 18.4. The number of hydrogen-bond acceptors (Lipinski definition) is 3. The van der Waals surface area contributed by atoms with Gasteiger partial charge in [-0.25, -0.2) is 0 Å². The molecule has 0 aliphatic carbocycles. The molecule has 0 bridgehead atoms. The Hall–Kier alpha value is -4.09. The number of carbonyl (C=O) groups is 2. The number of benzene rings is 3. The van der Waals surface area contributed by atoms with Crippen LogP contribution in [0.5, 0.6) is 0 Å². The van der Waals surface area contributed by atoms with Crippen molar-refractivity contribution in [2.24, 2.45) is 5.11 Å². The number of rotatable bonds is 5. The number of fused-ring (bicyclic) bond motifs is 1. The molecule has 0 saturated carbocycles. The van der Waals surface area contributed by atoms with E-state index in [0.29, 0.717) is 29.9 Å². The van der Waals surface area contributed by atoms with Crippen molar-refractivity contribution < 1.29 is 9.59 Å². The van der Waals surface area contributed by atoms with Gasteiger partial charge >= 0.3 is 0 Å². The number of amides is 2. The number of hydrogen-bond donors (Lipinski definition) is 1. The first kappa shape index (κ1) is 22.1. The molecule has 0 radical (unpaired) electrons. The average molecular weight is 440 g/mol. The minimum absolute atomic E-state index is 0.0916. The molecule has 1 unspecified atom stereocenters. The third-order valence-electron chi connectivity index (χ3n) is 5.99. The Morgan fingerprint density at radius 3 is 2.55 bits per heavy atom. The highest BCUT2D eigenvalue weighted by Gasteiger charge is 2.26. The van der Waals surface area contributed by atoms with Crippen LogP contribution in [0.25, 0.3) is 10.4 Å². The molecule has 4 rings (SSSR count). The van der Waals surface area contributed by atoms with Crippen molar-refractivity contribution in [2.75, 3.05) is 23.3 Å². The van der Waals surface area contributed by atoms with E-state index in [1.54, 1.807) is 35.2 Å². The number of nitrogens with zero attached hydrogens (tertiary/aromatic N) is 4. The fourth-order valence-corrected chi connectivity index (χ4v) is 4.26. The van der Waals surface area contributed by atoms with E-state index in [-0.39, 0.29) is 17.7 Å². The van der Waals surface area contributed by atoms with E-state index in [4.69, 9.17) is 5.53 Å². The molecule has 3 aromatic rings. The van der Waals surface area contributed by atoms with Crippen LogP contribution in [-0.2, 0) is 0 Å². The Labute approximate surface area is 192 Å². The Morgan fingerprint density at radius 1 is 1.06 bits per heavy atom. The lowest BCUT2D eigenvalue weighted by Gasteiger charge is -2.24. The summed E-state index contributed by atoms with van der Waals surface area (Å²) in [6.07, 6.45) is 1.67. The summed E-state index contributed by atoms with van der Waals surface area (Å²) in [5.41, 5.74) is 13.3. The Kier molecular flexibility index (Phi) is 6.72. The van der Waals surface area contributed by atoms with Gasteiger partial charge in [0.1, 0.15) is 0 Å². The van der Waals surface area contributed by atoms with Gasteiger partial charge in [0.2, 0.25) is 0 Å². The Morgan fingerprint density at radius 2 is 1.79 bits per heavy atom. The number of para-hydroxylation sites is 1. The SMILES string of the molecule is Cc1ccccc1C(=O)Nc1ccc(C(=O)N2CCCC(CN=[N+]=[N-])c3ccccc32)cc1. The molecule has 2 amide bonds. The Balaban J connectivity index is 1.53. The lowest BCUT2D eigenvalue weighted by molar-refractivity contribution is 0.0985. The summed E-state index contributed by atoms with van der Waals surface area (Å²) in [5, 5.41) is 6.66. The number of nitrogens with one attached hydrogen (secondary N) is 1. The van der Waals surface area contributed by atoms with Gasteiger partial charge in [0.05, 0.1) is 0 Å². The van der Waals surface area contributed by atoms with Crippen molar-refractivity contribution in [3.05, 3.63) is 105 Å². The summed E-state index contributed by atoms with van der Waals surface area (Å²) >= 11 is 0. The van der Waals surface area contributed by atoms with Crippen molar-refractivity contribution in [2.45, 2.75) is 25.7 Å². The molecule has 0 aromatic heterocycles. The largest absolute Gasteiger partial charge is 0.322 e. The van der Waals surface area contributed by atoms with Gasteiger partial charge in [-0.1, -0.05) is 41.5 Å². The molecular formula is C26H25N5O2. The summed E-state index contributed by atoms with van der Waals surface area (Å²) < 4.78 is 0. The van der Waals surface area contributed by atoms with Crippen LogP contribution in [0.3, 0.4) is 0 Å². The second kappa shape index (κ2) is 10.0. The van der Waals surface area contributed by atoms with Crippen LogP contribution in [0.1, 0.15) is 50.6 Å². The first-order chi connectivity index (χ1) is 16.1. The van der Waals surface area contributed by atoms with Gasteiger partial charge in [0.25, 0.3) is 11.8 Å². The van der Waals surface area contributed by atoms with Crippen LogP contribution in [0.15, 0.2) is 77.9 Å². The average Bonchev–Trinajstić information content (AvgIpc) is 3.02. The maximum Gasteiger partial charge on any atom is 0.258 e. The zero-order valence-electron chi connectivity index (χ0n) is 18.4. The summed E-state index contributed by atoms with van der Waals surface area (Å²) in [4.78, 5) is 30.7. The van der Waals surface area contributed by atoms with E-state index in [0.717, 1.165) is 29.7 Å². The van der Waals surface area contributed by atoms with Crippen LogP contribution < -0.4 is 10.2 Å². The van der Waals surface area contributed by atoms with Gasteiger partial charge in [-0.15, -0.1) is 0 Å². The molecule has 1 heterocycles. The smallest absolute Gasteiger partial charge is 0.258 e. The van der Waals surface area contributed by atoms with Gasteiger partial charge in [-0.3, -0.25) is 9.59 Å². The summed E-state index contributed by atoms with van der Waals surface area (Å²) in [7, 11) is 0. The second-order valence-electron chi connectivity index (χ2n) is 8.11. The lowest BCUT2D eigenvalue weighted by atomic mass is 9.94. The zero-order chi connectivity index (χ0) is 23.2. The molecule has 166 valence electrons. The van der Waals surface area contributed by atoms with E-state index in [1.165, 1.54) is 0 Å². The normalized spacial score (nSPS) is 15.1. The van der Waals surface area contributed by atoms with Crippen LogP contribution in [0.2, 0.25) is 0 Å². The van der Waals surface area contributed by atoms with Gasteiger partial charge < -0.3 is 10.2 Å². The van der Waals surface area contributed by atoms with Crippen molar-refractivity contribution in [3.8, 4) is 0 Å². The monoisotopic (exact) mass is 439 g/mol. The molecule has 1 aliphatic heterocycles. The van der Waals surface area contributed by atoms with Crippen LogP contribution in [0.4, 0.5) is 11.4 Å². The highest BCUT2D eigenvalue weighted by Crippen LogP contribution is 2.35. The fourth-order valence-electron chi connectivity index (χ4n) is 4.26. The minimum atomic E-state index is -0.181. The second-order valence-corrected chi connectivity index (χ2v) is 8.11. The van der Waals surface area contributed by atoms with E-state index in [9.17, 15) is 9.59 Å². The summed E-state index contributed by atoms with van der Waals surface area (Å²) in [5.74, 6) is -0.183. The van der Waals surface area contributed by atoms with Crippen LogP contribution in [-0.4, -0.2) is 24.9 Å². The lowest BCUT2D eigenvalue weighted by Crippen LogP contribution is -2.31. The maximum absolute atomic E-state index is 13.4. The van der Waals surface area contributed by atoms with E-state index >= 15 is 0 Å². The number of azide groups is 1. The molecule has 0 fully saturated rings. The highest BCUT2D eigenvalue weighted by atomic mass is 16.2. The minimum Gasteiger partial charge on any atom is -0.322 e. The predicted molar refractivity (Wildman–Crippen MR) is 130 cm³/mol. The van der Waals surface area contributed by atoms with E-state index < -0.39 is 0 Å². The van der Waals surface area contributed by atoms with Gasteiger partial charge in [0.15, 0.2) is 0 Å². The van der Waals surface area contributed by atoms with Crippen molar-refractivity contribution in [1.82, 2.24) is 0 Å². The quantitative estimate of drug-likeness (QED) is 0.296. The van der Waals surface area contributed by atoms with Crippen molar-refractivity contribution >= 4 is 23.2 Å². The first-order valence-electron chi connectivity index (χ1n) is 11.0. The molecule has 0 spiro atoms. The van der Waals surface area contributed by atoms with Gasteiger partial charge in [-0.2, -0.15) is 0 Å². The molecule has 33 heavy (non-hydrogen) atoms. The molecule has 7 nitrogen and oxygen atoms in total. The molecule has 3 aromatic carbocycles. The summed E-state index contributed by atoms with van der Waals surface area (Å²) in [6, 6.07) is 22.2. The van der Waals surface area contributed by atoms with E-state index in [1.807, 2.05) is 49.4 Å². The van der Waals surface area contributed by atoms with Crippen molar-refractivity contribution in [1.29, 1.82) is 0 Å². The van der Waals surface area contributed by atoms with E-state index in [2.05, 4.69) is 15.3 Å². The molecule has 1 N–H and O–H groups in total. The van der Waals surface area contributed by atoms with Crippen LogP contribution in [0, 0.1) is 6.92 Å². The predicted octanol–water partition coefficient (Wildman–Crippen LogP) is 6.08. The number of aryl methyl sites for hydroxylation is 1. The number of anilines is 2. The summed E-state index contributed by atoms with van der Waals surface area (Å²) in [6.45, 7) is 2.87. The highest BCUT2D eigenvalue weighted by molar-refractivity contribution is 6.08. The molecular weight excluding hydrogens is 414 g/mol. The topological polar surface area (TPSA) is 98.2 Å². The standard InChI is InChI=1S/C26H25N5O2/c1-18-7-2-3-9-22(18)25(32)29-21-14-12-19(13-15-21)26(33)31-16-6-8-20(17-28-30-27)23-10-4-5-11-24(23)31/h2-5,7,9-15,20H,6,8,16-17H2,1H3,(H,29,32).